The van der Waals surface area contributed by atoms with Gasteiger partial charge < -0.3 is 0 Å². The monoisotopic (exact) mass is 236 g/mol. The number of carbonyl (C=O) groups is 1. The van der Waals surface area contributed by atoms with Gasteiger partial charge in [0, 0.05) is 10.9 Å². The minimum atomic E-state index is -4.32. The molecule has 16 heavy (non-hydrogen) atoms. The average Bonchev–Trinajstić information content (AvgIpc) is 2.26. The lowest BCUT2D eigenvalue weighted by Crippen LogP contribution is -2.00. The van der Waals surface area contributed by atoms with Crippen LogP contribution in [0.5, 0.6) is 0 Å². The molecule has 2 aromatic carbocycles. The summed E-state index contributed by atoms with van der Waals surface area (Å²) in [6, 6.07) is 9.37. The van der Waals surface area contributed by atoms with Crippen molar-refractivity contribution in [3.8, 4) is 0 Å². The first kappa shape index (κ1) is 10.8. The predicted molar refractivity (Wildman–Crippen MR) is 59.2 cm³/mol. The third kappa shape index (κ3) is 1.82. The summed E-state index contributed by atoms with van der Waals surface area (Å²) in [4.78, 5) is 10.4. The van der Waals surface area contributed by atoms with Crippen LogP contribution in [0.2, 0.25) is 0 Å². The number of fused-ring (bicyclic) bond motifs is 1. The lowest BCUT2D eigenvalue weighted by atomic mass is 10.1. The molecule has 0 aromatic heterocycles. The maximum atomic E-state index is 11.2. The number of aldehydes is 1. The van der Waals surface area contributed by atoms with Crippen LogP contribution in [-0.2, 0) is 10.1 Å². The van der Waals surface area contributed by atoms with Crippen LogP contribution in [-0.4, -0.2) is 19.3 Å². The molecule has 0 bridgehead atoms. The molecule has 0 fully saturated rings. The van der Waals surface area contributed by atoms with E-state index in [0.717, 1.165) is 6.07 Å². The third-order valence-corrected chi connectivity index (χ3v) is 3.15. The van der Waals surface area contributed by atoms with E-state index in [4.69, 9.17) is 4.55 Å². The number of hydrogen-bond donors (Lipinski definition) is 1. The zero-order chi connectivity index (χ0) is 11.8. The summed E-state index contributed by atoms with van der Waals surface area (Å²) in [5.41, 5.74) is 0.214. The number of rotatable bonds is 2. The Kier molecular flexibility index (Phi) is 2.49. The van der Waals surface area contributed by atoms with Crippen molar-refractivity contribution >= 4 is 27.2 Å². The molecule has 0 saturated heterocycles. The van der Waals surface area contributed by atoms with Crippen molar-refractivity contribution in [3.05, 3.63) is 42.0 Å². The van der Waals surface area contributed by atoms with Gasteiger partial charge in [0.05, 0.1) is 0 Å². The summed E-state index contributed by atoms with van der Waals surface area (Å²) in [7, 11) is -4.32. The van der Waals surface area contributed by atoms with Crippen molar-refractivity contribution in [3.63, 3.8) is 0 Å². The van der Waals surface area contributed by atoms with Crippen molar-refractivity contribution in [2.75, 3.05) is 0 Å². The molecule has 2 rings (SSSR count). The predicted octanol–water partition coefficient (Wildman–Crippen LogP) is 1.90. The first-order chi connectivity index (χ1) is 7.52. The molecular weight excluding hydrogens is 228 g/mol. The van der Waals surface area contributed by atoms with Gasteiger partial charge in [0.1, 0.15) is 11.2 Å². The van der Waals surface area contributed by atoms with E-state index in [1.54, 1.807) is 30.3 Å². The number of carbonyl (C=O) groups excluding carboxylic acids is 1. The Morgan fingerprint density at radius 2 is 1.81 bits per heavy atom. The van der Waals surface area contributed by atoms with Crippen LogP contribution in [0.15, 0.2) is 41.3 Å². The highest BCUT2D eigenvalue weighted by Crippen LogP contribution is 2.24. The molecule has 1 N–H and O–H groups in total. The van der Waals surface area contributed by atoms with E-state index < -0.39 is 10.1 Å². The number of benzene rings is 2. The van der Waals surface area contributed by atoms with Crippen molar-refractivity contribution < 1.29 is 17.8 Å². The maximum Gasteiger partial charge on any atom is 0.295 e. The number of hydrogen-bond acceptors (Lipinski definition) is 3. The van der Waals surface area contributed by atoms with Crippen molar-refractivity contribution in [1.82, 2.24) is 0 Å². The lowest BCUT2D eigenvalue weighted by molar-refractivity contribution is 0.112. The van der Waals surface area contributed by atoms with Gasteiger partial charge in [0.25, 0.3) is 10.1 Å². The second-order valence-corrected chi connectivity index (χ2v) is 4.72. The van der Waals surface area contributed by atoms with E-state index in [2.05, 4.69) is 0 Å². The Morgan fingerprint density at radius 3 is 2.44 bits per heavy atom. The van der Waals surface area contributed by atoms with E-state index in [0.29, 0.717) is 17.1 Å². The Balaban J connectivity index is 2.95. The molecule has 0 atom stereocenters. The van der Waals surface area contributed by atoms with E-state index in [1.807, 2.05) is 0 Å². The molecule has 2 aromatic rings. The molecular formula is C11H8O4S. The van der Waals surface area contributed by atoms with E-state index in [9.17, 15) is 13.2 Å². The topological polar surface area (TPSA) is 71.4 Å². The van der Waals surface area contributed by atoms with Crippen LogP contribution in [0.3, 0.4) is 0 Å². The quantitative estimate of drug-likeness (QED) is 0.638. The molecule has 0 amide bonds. The molecule has 0 unspecified atom stereocenters. The molecule has 0 aliphatic carbocycles. The molecule has 4 nitrogen and oxygen atoms in total. The largest absolute Gasteiger partial charge is 0.298 e. The van der Waals surface area contributed by atoms with E-state index in [-0.39, 0.29) is 10.5 Å². The Labute approximate surface area is 92.3 Å². The van der Waals surface area contributed by atoms with Crippen molar-refractivity contribution in [2.24, 2.45) is 0 Å². The van der Waals surface area contributed by atoms with Gasteiger partial charge in [-0.3, -0.25) is 9.35 Å². The second-order valence-electron chi connectivity index (χ2n) is 3.33. The Morgan fingerprint density at radius 1 is 1.12 bits per heavy atom. The van der Waals surface area contributed by atoms with Crippen LogP contribution in [0.1, 0.15) is 10.4 Å². The van der Waals surface area contributed by atoms with Crippen LogP contribution >= 0.6 is 0 Å². The van der Waals surface area contributed by atoms with Crippen LogP contribution in [0.25, 0.3) is 10.8 Å². The molecule has 0 heterocycles. The Hall–Kier alpha value is -1.72. The first-order valence-corrected chi connectivity index (χ1v) is 5.92. The highest BCUT2D eigenvalue weighted by molar-refractivity contribution is 7.86. The van der Waals surface area contributed by atoms with Gasteiger partial charge in [0.2, 0.25) is 0 Å². The first-order valence-electron chi connectivity index (χ1n) is 4.48. The van der Waals surface area contributed by atoms with Gasteiger partial charge in [-0.2, -0.15) is 8.42 Å². The van der Waals surface area contributed by atoms with Crippen LogP contribution < -0.4 is 0 Å². The van der Waals surface area contributed by atoms with Gasteiger partial charge in [-0.15, -0.1) is 0 Å². The summed E-state index contributed by atoms with van der Waals surface area (Å²) in [6.45, 7) is 0. The highest BCUT2D eigenvalue weighted by Gasteiger charge is 2.14. The summed E-state index contributed by atoms with van der Waals surface area (Å²) in [5, 5.41) is 0.996. The summed E-state index contributed by atoms with van der Waals surface area (Å²) < 4.78 is 31.4. The van der Waals surface area contributed by atoms with E-state index in [1.165, 1.54) is 0 Å². The fraction of sp³-hybridized carbons (Fsp3) is 0. The Bertz CT molecular complexity index is 659. The lowest BCUT2D eigenvalue weighted by Gasteiger charge is -2.04. The van der Waals surface area contributed by atoms with Crippen LogP contribution in [0.4, 0.5) is 0 Å². The van der Waals surface area contributed by atoms with Gasteiger partial charge in [-0.25, -0.2) is 0 Å². The van der Waals surface area contributed by atoms with Crippen molar-refractivity contribution in [1.29, 1.82) is 0 Å². The van der Waals surface area contributed by atoms with Gasteiger partial charge in [-0.1, -0.05) is 24.3 Å². The zero-order valence-corrected chi connectivity index (χ0v) is 8.94. The van der Waals surface area contributed by atoms with Crippen molar-refractivity contribution in [2.45, 2.75) is 4.90 Å². The molecule has 82 valence electrons. The standard InChI is InChI=1S/C11H8O4S/c12-7-8-5-9-3-1-2-4-10(9)11(6-8)16(13,14)15/h1-7H,(H,13,14,15). The molecule has 0 spiro atoms. The summed E-state index contributed by atoms with van der Waals surface area (Å²) >= 11 is 0. The van der Waals surface area contributed by atoms with Gasteiger partial charge in [-0.05, 0) is 17.5 Å². The molecule has 0 radical (unpaired) electrons. The average molecular weight is 236 g/mol. The van der Waals surface area contributed by atoms with Gasteiger partial charge >= 0.3 is 0 Å². The highest BCUT2D eigenvalue weighted by atomic mass is 32.2. The molecule has 5 heteroatoms. The normalized spacial score (nSPS) is 11.6. The molecule has 0 saturated carbocycles. The minimum Gasteiger partial charge on any atom is -0.298 e. The molecule has 0 aliphatic heterocycles. The van der Waals surface area contributed by atoms with Crippen LogP contribution in [0, 0.1) is 0 Å². The smallest absolute Gasteiger partial charge is 0.295 e. The van der Waals surface area contributed by atoms with Gasteiger partial charge in [0.15, 0.2) is 0 Å². The maximum absolute atomic E-state index is 11.2. The van der Waals surface area contributed by atoms with E-state index >= 15 is 0 Å². The fourth-order valence-corrected chi connectivity index (χ4v) is 2.33. The zero-order valence-electron chi connectivity index (χ0n) is 8.12. The third-order valence-electron chi connectivity index (χ3n) is 2.26. The summed E-state index contributed by atoms with van der Waals surface area (Å²) in [6.07, 6.45) is 0.543. The fourth-order valence-electron chi connectivity index (χ4n) is 1.58. The second kappa shape index (κ2) is 3.70. The minimum absolute atomic E-state index is 0.214. The SMILES string of the molecule is O=Cc1cc(S(=O)(=O)O)c2ccccc2c1. The molecule has 0 aliphatic rings. The summed E-state index contributed by atoms with van der Waals surface area (Å²) in [5.74, 6) is 0.